The minimum absolute atomic E-state index is 0.0481. The number of hydrogen-bond donors (Lipinski definition) is 0. The third-order valence-electron chi connectivity index (χ3n) is 4.78. The predicted molar refractivity (Wildman–Crippen MR) is 103 cm³/mol. The summed E-state index contributed by atoms with van der Waals surface area (Å²) in [5.74, 6) is 0.403. The van der Waals surface area contributed by atoms with E-state index in [9.17, 15) is 9.18 Å². The number of hydrogen-bond acceptors (Lipinski definition) is 5. The number of carbonyl (C=O) groups excluding carboxylic acids is 1. The number of rotatable bonds is 5. The molecule has 2 aliphatic rings. The molecule has 0 radical (unpaired) electrons. The second-order valence-corrected chi connectivity index (χ2v) is 7.07. The van der Waals surface area contributed by atoms with Gasteiger partial charge in [-0.2, -0.15) is 0 Å². The normalized spacial score (nSPS) is 17.2. The van der Waals surface area contributed by atoms with Crippen molar-refractivity contribution >= 4 is 23.5 Å². The van der Waals surface area contributed by atoms with E-state index in [0.717, 1.165) is 18.5 Å². The van der Waals surface area contributed by atoms with Crippen molar-refractivity contribution in [1.29, 1.82) is 0 Å². The summed E-state index contributed by atoms with van der Waals surface area (Å²) in [7, 11) is 1.67. The molecule has 28 heavy (non-hydrogen) atoms. The first kappa shape index (κ1) is 18.9. The van der Waals surface area contributed by atoms with Crippen molar-refractivity contribution in [2.24, 2.45) is 0 Å². The number of fused-ring (bicyclic) bond motifs is 3. The van der Waals surface area contributed by atoms with Crippen LogP contribution in [0.1, 0.15) is 27.9 Å². The fourth-order valence-corrected chi connectivity index (χ4v) is 3.58. The Morgan fingerprint density at radius 1 is 1.32 bits per heavy atom. The van der Waals surface area contributed by atoms with Crippen molar-refractivity contribution < 1.29 is 23.4 Å². The number of methoxy groups -OCH3 is 1. The number of ether oxygens (including phenoxy) is 3. The Hall–Kier alpha value is -2.41. The fourth-order valence-electron chi connectivity index (χ4n) is 3.36. The number of ketones is 1. The van der Waals surface area contributed by atoms with Gasteiger partial charge in [-0.1, -0.05) is 17.7 Å². The zero-order valence-electron chi connectivity index (χ0n) is 15.3. The SMILES string of the molecule is COCCCN1COc2ccc3c(c2C1)O/C(=C\c1c(F)cccc1Cl)C3=O. The third-order valence-corrected chi connectivity index (χ3v) is 5.11. The standard InChI is InChI=1S/C21H19ClFNO4/c1-26-9-3-8-24-11-15-18(27-12-24)7-6-13-20(25)19(28-21(13)15)10-14-16(22)4-2-5-17(14)23/h2,4-7,10H,3,8-9,11-12H2,1H3/b19-10-. The molecule has 2 heterocycles. The highest BCUT2D eigenvalue weighted by Crippen LogP contribution is 2.42. The average Bonchev–Trinajstić information content (AvgIpc) is 3.01. The van der Waals surface area contributed by atoms with E-state index in [0.29, 0.717) is 36.9 Å². The molecule has 7 heteroatoms. The Labute approximate surface area is 167 Å². The van der Waals surface area contributed by atoms with E-state index in [1.54, 1.807) is 25.3 Å². The van der Waals surface area contributed by atoms with E-state index in [4.69, 9.17) is 25.8 Å². The number of allylic oxidation sites excluding steroid dienone is 1. The zero-order chi connectivity index (χ0) is 19.7. The number of Topliss-reactive ketones (excluding diaryl/α,β-unsaturated/α-hetero) is 1. The van der Waals surface area contributed by atoms with Crippen LogP contribution in [0.4, 0.5) is 4.39 Å². The van der Waals surface area contributed by atoms with Crippen LogP contribution in [0.2, 0.25) is 5.02 Å². The second kappa shape index (κ2) is 7.91. The van der Waals surface area contributed by atoms with Crippen molar-refractivity contribution in [3.8, 4) is 11.5 Å². The molecule has 0 saturated heterocycles. The van der Waals surface area contributed by atoms with Crippen LogP contribution in [0.3, 0.4) is 0 Å². The molecule has 0 spiro atoms. The Bertz CT molecular complexity index is 939. The first-order chi connectivity index (χ1) is 13.6. The van der Waals surface area contributed by atoms with Gasteiger partial charge in [0.25, 0.3) is 0 Å². The van der Waals surface area contributed by atoms with E-state index in [1.165, 1.54) is 18.2 Å². The third kappa shape index (κ3) is 3.51. The van der Waals surface area contributed by atoms with Crippen molar-refractivity contribution in [3.05, 3.63) is 63.6 Å². The molecule has 0 bridgehead atoms. The minimum atomic E-state index is -0.512. The molecule has 0 amide bonds. The molecule has 0 aliphatic carbocycles. The second-order valence-electron chi connectivity index (χ2n) is 6.67. The molecule has 0 saturated carbocycles. The summed E-state index contributed by atoms with van der Waals surface area (Å²) in [6, 6.07) is 7.83. The number of nitrogens with zero attached hydrogens (tertiary/aromatic N) is 1. The average molecular weight is 404 g/mol. The van der Waals surface area contributed by atoms with Crippen LogP contribution < -0.4 is 9.47 Å². The van der Waals surface area contributed by atoms with Crippen molar-refractivity contribution in [1.82, 2.24) is 4.90 Å². The molecule has 0 aromatic heterocycles. The van der Waals surface area contributed by atoms with Gasteiger partial charge < -0.3 is 14.2 Å². The van der Waals surface area contributed by atoms with Gasteiger partial charge in [-0.25, -0.2) is 4.39 Å². The molecular formula is C21H19ClFNO4. The van der Waals surface area contributed by atoms with E-state index >= 15 is 0 Å². The monoisotopic (exact) mass is 403 g/mol. The lowest BCUT2D eigenvalue weighted by atomic mass is 10.0. The van der Waals surface area contributed by atoms with Gasteiger partial charge in [0.15, 0.2) is 5.76 Å². The smallest absolute Gasteiger partial charge is 0.231 e. The first-order valence-corrected chi connectivity index (χ1v) is 9.34. The van der Waals surface area contributed by atoms with Crippen molar-refractivity contribution in [3.63, 3.8) is 0 Å². The quantitative estimate of drug-likeness (QED) is 0.550. The minimum Gasteiger partial charge on any atom is -0.478 e. The van der Waals surface area contributed by atoms with E-state index in [-0.39, 0.29) is 22.1 Å². The summed E-state index contributed by atoms with van der Waals surface area (Å²) >= 11 is 6.07. The molecule has 0 unspecified atom stereocenters. The molecule has 146 valence electrons. The first-order valence-electron chi connectivity index (χ1n) is 8.96. The van der Waals surface area contributed by atoms with E-state index in [2.05, 4.69) is 4.90 Å². The number of benzene rings is 2. The Morgan fingerprint density at radius 2 is 2.18 bits per heavy atom. The summed E-state index contributed by atoms with van der Waals surface area (Å²) in [5, 5.41) is 0.217. The molecule has 2 aromatic carbocycles. The van der Waals surface area contributed by atoms with Gasteiger partial charge in [0.05, 0.1) is 16.1 Å². The van der Waals surface area contributed by atoms with Gasteiger partial charge in [0.1, 0.15) is 24.0 Å². The molecule has 2 aromatic rings. The van der Waals surface area contributed by atoms with Gasteiger partial charge in [0.2, 0.25) is 5.78 Å². The van der Waals surface area contributed by atoms with Crippen LogP contribution in [0.25, 0.3) is 6.08 Å². The summed E-state index contributed by atoms with van der Waals surface area (Å²) in [6.45, 7) is 2.54. The van der Waals surface area contributed by atoms with Gasteiger partial charge in [-0.15, -0.1) is 0 Å². The maximum absolute atomic E-state index is 14.1. The Balaban J connectivity index is 1.63. The lowest BCUT2D eigenvalue weighted by Crippen LogP contribution is -2.33. The molecule has 4 rings (SSSR count). The lowest BCUT2D eigenvalue weighted by Gasteiger charge is -2.29. The summed E-state index contributed by atoms with van der Waals surface area (Å²) in [4.78, 5) is 14.9. The van der Waals surface area contributed by atoms with Gasteiger partial charge in [-0.3, -0.25) is 9.69 Å². The van der Waals surface area contributed by atoms with Crippen LogP contribution >= 0.6 is 11.6 Å². The summed E-state index contributed by atoms with van der Waals surface area (Å²) < 4.78 is 30.9. The predicted octanol–water partition coefficient (Wildman–Crippen LogP) is 4.28. The molecule has 0 N–H and O–H groups in total. The largest absolute Gasteiger partial charge is 0.478 e. The molecule has 0 fully saturated rings. The molecule has 0 atom stereocenters. The Morgan fingerprint density at radius 3 is 2.96 bits per heavy atom. The number of carbonyl (C=O) groups is 1. The Kier molecular flexibility index (Phi) is 5.35. The maximum Gasteiger partial charge on any atom is 0.231 e. The fraction of sp³-hybridized carbons (Fsp3) is 0.286. The van der Waals surface area contributed by atoms with Crippen LogP contribution in [-0.2, 0) is 11.3 Å². The van der Waals surface area contributed by atoms with Gasteiger partial charge in [-0.05, 0) is 36.8 Å². The molecule has 2 aliphatic heterocycles. The van der Waals surface area contributed by atoms with Crippen molar-refractivity contribution in [2.45, 2.75) is 13.0 Å². The van der Waals surface area contributed by atoms with Crippen LogP contribution in [0.5, 0.6) is 11.5 Å². The highest BCUT2D eigenvalue weighted by molar-refractivity contribution is 6.32. The highest BCUT2D eigenvalue weighted by Gasteiger charge is 2.33. The van der Waals surface area contributed by atoms with Crippen molar-refractivity contribution in [2.75, 3.05) is 27.0 Å². The van der Waals surface area contributed by atoms with Crippen LogP contribution in [-0.4, -0.2) is 37.7 Å². The lowest BCUT2D eigenvalue weighted by molar-refractivity contribution is 0.0823. The van der Waals surface area contributed by atoms with E-state index in [1.807, 2.05) is 0 Å². The maximum atomic E-state index is 14.1. The molecule has 5 nitrogen and oxygen atoms in total. The van der Waals surface area contributed by atoms with Gasteiger partial charge >= 0.3 is 0 Å². The van der Waals surface area contributed by atoms with Crippen LogP contribution in [0, 0.1) is 5.82 Å². The summed E-state index contributed by atoms with van der Waals surface area (Å²) in [5.41, 5.74) is 1.39. The zero-order valence-corrected chi connectivity index (χ0v) is 16.1. The summed E-state index contributed by atoms with van der Waals surface area (Å²) in [6.07, 6.45) is 2.23. The van der Waals surface area contributed by atoms with E-state index < -0.39 is 5.82 Å². The number of halogens is 2. The van der Waals surface area contributed by atoms with Gasteiger partial charge in [0, 0.05) is 32.4 Å². The highest BCUT2D eigenvalue weighted by atomic mass is 35.5. The topological polar surface area (TPSA) is 48.0 Å². The molecular weight excluding hydrogens is 385 g/mol. The van der Waals surface area contributed by atoms with Crippen LogP contribution in [0.15, 0.2) is 36.1 Å².